The zero-order chi connectivity index (χ0) is 13.9. The van der Waals surface area contributed by atoms with Crippen LogP contribution in [0.1, 0.15) is 20.3 Å². The predicted molar refractivity (Wildman–Crippen MR) is 57.8 cm³/mol. The van der Waals surface area contributed by atoms with E-state index in [0.29, 0.717) is 12.6 Å². The van der Waals surface area contributed by atoms with Crippen molar-refractivity contribution in [2.24, 2.45) is 11.3 Å². The zero-order valence-corrected chi connectivity index (χ0v) is 10.3. The number of carboxylic acids is 2. The van der Waals surface area contributed by atoms with E-state index in [4.69, 9.17) is 20.0 Å². The highest BCUT2D eigenvalue weighted by Crippen LogP contribution is 2.45. The van der Waals surface area contributed by atoms with Gasteiger partial charge in [-0.3, -0.25) is 14.2 Å². The van der Waals surface area contributed by atoms with Crippen molar-refractivity contribution in [3.63, 3.8) is 0 Å². The summed E-state index contributed by atoms with van der Waals surface area (Å²) in [4.78, 5) is 38.7. The van der Waals surface area contributed by atoms with Crippen LogP contribution in [0.15, 0.2) is 0 Å². The molecule has 0 aromatic rings. The van der Waals surface area contributed by atoms with Crippen LogP contribution >= 0.6 is 7.60 Å². The summed E-state index contributed by atoms with van der Waals surface area (Å²) >= 11 is 0. The highest BCUT2D eigenvalue weighted by atomic mass is 31.2. The van der Waals surface area contributed by atoms with Gasteiger partial charge in [-0.1, -0.05) is 13.8 Å². The van der Waals surface area contributed by atoms with Crippen molar-refractivity contribution in [2.45, 2.75) is 20.3 Å². The van der Waals surface area contributed by atoms with E-state index in [0.717, 1.165) is 0 Å². The van der Waals surface area contributed by atoms with Gasteiger partial charge in [-0.25, -0.2) is 0 Å². The molecule has 0 aliphatic carbocycles. The Morgan fingerprint density at radius 1 is 1.29 bits per heavy atom. The highest BCUT2D eigenvalue weighted by Gasteiger charge is 2.38. The van der Waals surface area contributed by atoms with Gasteiger partial charge in [0.15, 0.2) is 0 Å². The molecule has 7 nitrogen and oxygen atoms in total. The van der Waals surface area contributed by atoms with Crippen molar-refractivity contribution >= 4 is 19.5 Å². The van der Waals surface area contributed by atoms with Crippen molar-refractivity contribution in [2.75, 3.05) is 0 Å². The number of hydrogen-bond acceptors (Lipinski definition) is 3. The monoisotopic (exact) mass is 266 g/mol. The summed E-state index contributed by atoms with van der Waals surface area (Å²) < 4.78 is 10.7. The summed E-state index contributed by atoms with van der Waals surface area (Å²) in [6.07, 6.45) is 1.09. The second kappa shape index (κ2) is 5.62. The molecule has 98 valence electrons. The average Bonchev–Trinajstić information content (AvgIpc) is 2.09. The molecule has 0 saturated heterocycles. The van der Waals surface area contributed by atoms with Gasteiger partial charge in [0.25, 0.3) is 0 Å². The lowest BCUT2D eigenvalue weighted by Crippen LogP contribution is -2.33. The molecule has 0 spiro atoms. The number of carboxylic acid groups (broad SMARTS) is 2. The molecule has 0 aromatic heterocycles. The second-order valence-electron chi connectivity index (χ2n) is 4.29. The Bertz CT molecular complexity index is 343. The first-order chi connectivity index (χ1) is 7.46. The van der Waals surface area contributed by atoms with Crippen LogP contribution in [0.3, 0.4) is 0 Å². The maximum atomic E-state index is 10.9. The first-order valence-electron chi connectivity index (χ1n) is 4.66. The Labute approximate surface area is 98.6 Å². The normalized spacial score (nSPS) is 14.4. The standard InChI is InChI=1S/C9H15O7P/c1-9(2,3-4-17(14,15)16)6(8(12)13)5-7(10)11/h4-6H,3H2,1-2H3,(H,10,11)(H,12,13)(H2,14,15,16). The van der Waals surface area contributed by atoms with Crippen LogP contribution in [-0.2, 0) is 14.2 Å². The number of rotatable bonds is 7. The maximum absolute atomic E-state index is 10.9. The minimum atomic E-state index is -4.35. The Kier molecular flexibility index (Phi) is 5.32. The Morgan fingerprint density at radius 3 is 2.06 bits per heavy atom. The number of hydrogen-bond donors (Lipinski definition) is 4. The third-order valence-corrected chi connectivity index (χ3v) is 2.93. The van der Waals surface area contributed by atoms with Crippen molar-refractivity contribution in [1.29, 1.82) is 0 Å². The van der Waals surface area contributed by atoms with Crippen LogP contribution in [0.5, 0.6) is 0 Å². The molecular weight excluding hydrogens is 251 g/mol. The molecule has 2 radical (unpaired) electrons. The van der Waals surface area contributed by atoms with Gasteiger partial charge in [0.05, 0.1) is 18.5 Å². The maximum Gasteiger partial charge on any atom is 0.329 e. The molecule has 17 heavy (non-hydrogen) atoms. The summed E-state index contributed by atoms with van der Waals surface area (Å²) in [7, 11) is -4.35. The van der Waals surface area contributed by atoms with Crippen LogP contribution in [0.25, 0.3) is 0 Å². The average molecular weight is 266 g/mol. The Hall–Kier alpha value is -0.910. The molecule has 0 amide bonds. The number of carbonyl (C=O) groups is 2. The van der Waals surface area contributed by atoms with Crippen LogP contribution in [0.2, 0.25) is 0 Å². The van der Waals surface area contributed by atoms with Crippen molar-refractivity contribution in [3.8, 4) is 0 Å². The lowest BCUT2D eigenvalue weighted by Gasteiger charge is -2.30. The van der Waals surface area contributed by atoms with E-state index >= 15 is 0 Å². The SMILES string of the molecule is CC(C)(C[CH]P(=O)(O)O)C([CH]C(=O)O)C(=O)O. The van der Waals surface area contributed by atoms with Crippen LogP contribution < -0.4 is 0 Å². The molecule has 0 bridgehead atoms. The molecule has 0 aliphatic rings. The fourth-order valence-corrected chi connectivity index (χ4v) is 1.96. The predicted octanol–water partition coefficient (Wildman–Crippen LogP) is 0.732. The molecule has 4 N–H and O–H groups in total. The van der Waals surface area contributed by atoms with Gasteiger partial charge < -0.3 is 20.0 Å². The van der Waals surface area contributed by atoms with Gasteiger partial charge in [0.2, 0.25) is 0 Å². The van der Waals surface area contributed by atoms with Crippen LogP contribution in [0.4, 0.5) is 0 Å². The van der Waals surface area contributed by atoms with Crippen molar-refractivity contribution < 1.29 is 34.2 Å². The molecule has 0 fully saturated rings. The van der Waals surface area contributed by atoms with Gasteiger partial charge in [-0.15, -0.1) is 0 Å². The molecular formula is C9H15O7P. The Balaban J connectivity index is 4.77. The summed E-state index contributed by atoms with van der Waals surface area (Å²) in [6, 6.07) is 0. The molecule has 0 rings (SSSR count). The van der Waals surface area contributed by atoms with E-state index in [1.54, 1.807) is 0 Å². The molecule has 1 atom stereocenters. The van der Waals surface area contributed by atoms with Gasteiger partial charge in [-0.05, 0) is 11.8 Å². The quantitative estimate of drug-likeness (QED) is 0.499. The fraction of sp³-hybridized carbons (Fsp3) is 0.556. The van der Waals surface area contributed by atoms with Crippen LogP contribution in [0, 0.1) is 23.9 Å². The van der Waals surface area contributed by atoms with Gasteiger partial charge in [0, 0.05) is 0 Å². The van der Waals surface area contributed by atoms with E-state index < -0.39 is 30.9 Å². The fourth-order valence-electron chi connectivity index (χ4n) is 1.25. The van der Waals surface area contributed by atoms with Gasteiger partial charge in [0.1, 0.15) is 0 Å². The first-order valence-corrected chi connectivity index (χ1v) is 6.34. The molecule has 1 unspecified atom stereocenters. The second-order valence-corrected chi connectivity index (χ2v) is 5.83. The Morgan fingerprint density at radius 2 is 1.76 bits per heavy atom. The molecule has 0 aromatic carbocycles. The van der Waals surface area contributed by atoms with Crippen molar-refractivity contribution in [3.05, 3.63) is 12.6 Å². The van der Waals surface area contributed by atoms with Gasteiger partial charge in [-0.2, -0.15) is 0 Å². The summed E-state index contributed by atoms with van der Waals surface area (Å²) in [5, 5.41) is 17.4. The highest BCUT2D eigenvalue weighted by molar-refractivity contribution is 7.54. The number of aliphatic carboxylic acids is 2. The smallest absolute Gasteiger partial charge is 0.329 e. The third-order valence-electron chi connectivity index (χ3n) is 2.27. The zero-order valence-electron chi connectivity index (χ0n) is 9.40. The van der Waals surface area contributed by atoms with Gasteiger partial charge >= 0.3 is 19.5 Å². The molecule has 0 heterocycles. The molecule has 0 aliphatic heterocycles. The van der Waals surface area contributed by atoms with Crippen molar-refractivity contribution in [1.82, 2.24) is 0 Å². The van der Waals surface area contributed by atoms with E-state index in [2.05, 4.69) is 0 Å². The molecule has 8 heteroatoms. The third kappa shape index (κ3) is 6.41. The van der Waals surface area contributed by atoms with Crippen LogP contribution in [-0.4, -0.2) is 31.9 Å². The topological polar surface area (TPSA) is 132 Å². The van der Waals surface area contributed by atoms with E-state index in [-0.39, 0.29) is 6.42 Å². The lowest BCUT2D eigenvalue weighted by molar-refractivity contribution is -0.148. The molecule has 0 saturated carbocycles. The first kappa shape index (κ1) is 16.1. The minimum absolute atomic E-state index is 0.210. The van der Waals surface area contributed by atoms with E-state index in [9.17, 15) is 14.2 Å². The van der Waals surface area contributed by atoms with E-state index in [1.807, 2.05) is 0 Å². The minimum Gasteiger partial charge on any atom is -0.481 e. The lowest BCUT2D eigenvalue weighted by atomic mass is 9.75. The summed E-state index contributed by atoms with van der Waals surface area (Å²) in [5.74, 6) is -4.07. The largest absolute Gasteiger partial charge is 0.481 e. The van der Waals surface area contributed by atoms with E-state index in [1.165, 1.54) is 13.8 Å². The summed E-state index contributed by atoms with van der Waals surface area (Å²) in [5.41, 5.74) is -1.11. The summed E-state index contributed by atoms with van der Waals surface area (Å²) in [6.45, 7) is 2.86.